The van der Waals surface area contributed by atoms with Gasteiger partial charge < -0.3 is 9.73 Å². The standard InChI is InChI=1S/C17H16F3N3O/c1-10(2)8-22-14-9-21-6-5-12(14)16-23-13-7-11(17(18,19)20)3-4-15(13)24-16/h3-7,9-10,22H,8H2,1-2H3. The van der Waals surface area contributed by atoms with Gasteiger partial charge in [-0.3, -0.25) is 4.98 Å². The maximum absolute atomic E-state index is 12.8. The zero-order chi connectivity index (χ0) is 17.3. The zero-order valence-electron chi connectivity index (χ0n) is 13.2. The Balaban J connectivity index is 2.01. The summed E-state index contributed by atoms with van der Waals surface area (Å²) in [4.78, 5) is 8.28. The highest BCUT2D eigenvalue weighted by Crippen LogP contribution is 2.34. The molecule has 2 heterocycles. The molecule has 0 amide bonds. The summed E-state index contributed by atoms with van der Waals surface area (Å²) in [5.74, 6) is 0.689. The summed E-state index contributed by atoms with van der Waals surface area (Å²) in [6.45, 7) is 4.87. The Morgan fingerprint density at radius 3 is 2.71 bits per heavy atom. The van der Waals surface area contributed by atoms with Crippen LogP contribution in [0.2, 0.25) is 0 Å². The summed E-state index contributed by atoms with van der Waals surface area (Å²) in [6, 6.07) is 4.99. The van der Waals surface area contributed by atoms with Gasteiger partial charge in [-0.2, -0.15) is 13.2 Å². The second kappa shape index (κ2) is 6.14. The number of oxazole rings is 1. The highest BCUT2D eigenvalue weighted by molar-refractivity contribution is 5.80. The zero-order valence-corrected chi connectivity index (χ0v) is 13.2. The maximum atomic E-state index is 12.8. The molecule has 0 radical (unpaired) electrons. The van der Waals surface area contributed by atoms with Gasteiger partial charge in [0.1, 0.15) is 5.52 Å². The van der Waals surface area contributed by atoms with Crippen LogP contribution in [0.15, 0.2) is 41.1 Å². The fourth-order valence-corrected chi connectivity index (χ4v) is 2.25. The van der Waals surface area contributed by atoms with Crippen molar-refractivity contribution in [1.82, 2.24) is 9.97 Å². The lowest BCUT2D eigenvalue weighted by atomic mass is 10.2. The first-order chi connectivity index (χ1) is 11.3. The number of nitrogens with one attached hydrogen (secondary N) is 1. The number of hydrogen-bond donors (Lipinski definition) is 1. The van der Waals surface area contributed by atoms with Crippen LogP contribution in [0.3, 0.4) is 0 Å². The van der Waals surface area contributed by atoms with E-state index >= 15 is 0 Å². The van der Waals surface area contributed by atoms with E-state index < -0.39 is 11.7 Å². The van der Waals surface area contributed by atoms with E-state index in [0.717, 1.165) is 24.4 Å². The molecule has 0 aliphatic carbocycles. The van der Waals surface area contributed by atoms with Gasteiger partial charge in [-0.05, 0) is 30.2 Å². The van der Waals surface area contributed by atoms with E-state index in [9.17, 15) is 13.2 Å². The Morgan fingerprint density at radius 1 is 1.21 bits per heavy atom. The molecule has 0 bridgehead atoms. The quantitative estimate of drug-likeness (QED) is 0.731. The molecule has 7 heteroatoms. The monoisotopic (exact) mass is 335 g/mol. The van der Waals surface area contributed by atoms with Gasteiger partial charge in [0.15, 0.2) is 5.58 Å². The molecule has 3 rings (SSSR count). The van der Waals surface area contributed by atoms with Gasteiger partial charge in [0.05, 0.1) is 23.0 Å². The van der Waals surface area contributed by atoms with Crippen molar-refractivity contribution >= 4 is 16.8 Å². The average Bonchev–Trinajstić information content (AvgIpc) is 2.95. The van der Waals surface area contributed by atoms with Crippen LogP contribution in [0.4, 0.5) is 18.9 Å². The second-order valence-corrected chi connectivity index (χ2v) is 5.90. The molecular weight excluding hydrogens is 319 g/mol. The number of hydrogen-bond acceptors (Lipinski definition) is 4. The van der Waals surface area contributed by atoms with Crippen molar-refractivity contribution in [3.05, 3.63) is 42.2 Å². The van der Waals surface area contributed by atoms with Gasteiger partial charge in [0, 0.05) is 12.7 Å². The van der Waals surface area contributed by atoms with Crippen molar-refractivity contribution in [3.8, 4) is 11.5 Å². The lowest BCUT2D eigenvalue weighted by Gasteiger charge is -2.11. The topological polar surface area (TPSA) is 51.0 Å². The van der Waals surface area contributed by atoms with Gasteiger partial charge in [-0.25, -0.2) is 4.98 Å². The van der Waals surface area contributed by atoms with E-state index in [-0.39, 0.29) is 11.4 Å². The van der Waals surface area contributed by atoms with E-state index in [4.69, 9.17) is 4.42 Å². The van der Waals surface area contributed by atoms with Crippen molar-refractivity contribution in [3.63, 3.8) is 0 Å². The molecule has 2 aromatic heterocycles. The number of fused-ring (bicyclic) bond motifs is 1. The SMILES string of the molecule is CC(C)CNc1cnccc1-c1nc2cc(C(F)(F)F)ccc2o1. The minimum atomic E-state index is -4.41. The van der Waals surface area contributed by atoms with E-state index in [1.54, 1.807) is 18.5 Å². The molecule has 126 valence electrons. The first kappa shape index (κ1) is 16.3. The summed E-state index contributed by atoms with van der Waals surface area (Å²) in [5, 5.41) is 3.25. The number of rotatable bonds is 4. The number of aromatic nitrogens is 2. The van der Waals surface area contributed by atoms with Crippen LogP contribution < -0.4 is 5.32 Å². The molecule has 0 saturated heterocycles. The Kier molecular flexibility index (Phi) is 4.17. The van der Waals surface area contributed by atoms with E-state index in [1.807, 2.05) is 0 Å². The van der Waals surface area contributed by atoms with Crippen molar-refractivity contribution in [2.24, 2.45) is 5.92 Å². The largest absolute Gasteiger partial charge is 0.436 e. The predicted octanol–water partition coefficient (Wildman–Crippen LogP) is 4.98. The molecule has 0 aliphatic rings. The van der Waals surface area contributed by atoms with Gasteiger partial charge in [0.2, 0.25) is 5.89 Å². The third-order valence-corrected chi connectivity index (χ3v) is 3.47. The van der Waals surface area contributed by atoms with Crippen LogP contribution in [0.25, 0.3) is 22.6 Å². The van der Waals surface area contributed by atoms with E-state index in [0.29, 0.717) is 17.1 Å². The number of anilines is 1. The molecule has 1 aromatic carbocycles. The third kappa shape index (κ3) is 3.34. The first-order valence-electron chi connectivity index (χ1n) is 7.50. The molecule has 3 aromatic rings. The van der Waals surface area contributed by atoms with Crippen LogP contribution in [0, 0.1) is 5.92 Å². The molecule has 0 unspecified atom stereocenters. The van der Waals surface area contributed by atoms with Gasteiger partial charge >= 0.3 is 6.18 Å². The first-order valence-corrected chi connectivity index (χ1v) is 7.50. The van der Waals surface area contributed by atoms with Crippen molar-refractivity contribution < 1.29 is 17.6 Å². The predicted molar refractivity (Wildman–Crippen MR) is 85.6 cm³/mol. The van der Waals surface area contributed by atoms with Crippen LogP contribution in [-0.2, 0) is 6.18 Å². The Bertz CT molecular complexity index is 856. The Labute approximate surface area is 136 Å². The number of nitrogens with zero attached hydrogens (tertiary/aromatic N) is 2. The molecule has 4 nitrogen and oxygen atoms in total. The number of alkyl halides is 3. The maximum Gasteiger partial charge on any atom is 0.416 e. The second-order valence-electron chi connectivity index (χ2n) is 5.90. The molecule has 1 N–H and O–H groups in total. The van der Waals surface area contributed by atoms with Gasteiger partial charge in [0.25, 0.3) is 0 Å². The molecule has 0 aliphatic heterocycles. The summed E-state index contributed by atoms with van der Waals surface area (Å²) in [7, 11) is 0. The van der Waals surface area contributed by atoms with Crippen LogP contribution in [0.5, 0.6) is 0 Å². The lowest BCUT2D eigenvalue weighted by molar-refractivity contribution is -0.137. The van der Waals surface area contributed by atoms with E-state index in [1.165, 1.54) is 6.07 Å². The summed E-state index contributed by atoms with van der Waals surface area (Å²) >= 11 is 0. The van der Waals surface area contributed by atoms with Crippen LogP contribution in [-0.4, -0.2) is 16.5 Å². The average molecular weight is 335 g/mol. The number of pyridine rings is 1. The molecular formula is C17H16F3N3O. The molecule has 0 atom stereocenters. The highest BCUT2D eigenvalue weighted by Gasteiger charge is 2.31. The van der Waals surface area contributed by atoms with Crippen molar-refractivity contribution in [2.45, 2.75) is 20.0 Å². The molecule has 0 fully saturated rings. The van der Waals surface area contributed by atoms with Gasteiger partial charge in [-0.1, -0.05) is 13.8 Å². The Morgan fingerprint density at radius 2 is 2.00 bits per heavy atom. The van der Waals surface area contributed by atoms with Crippen molar-refractivity contribution in [2.75, 3.05) is 11.9 Å². The smallest absolute Gasteiger partial charge is 0.416 e. The molecule has 24 heavy (non-hydrogen) atoms. The fraction of sp³-hybridized carbons (Fsp3) is 0.294. The minimum absolute atomic E-state index is 0.173. The van der Waals surface area contributed by atoms with E-state index in [2.05, 4.69) is 29.1 Å². The molecule has 0 spiro atoms. The van der Waals surface area contributed by atoms with Crippen LogP contribution in [0.1, 0.15) is 19.4 Å². The van der Waals surface area contributed by atoms with Crippen molar-refractivity contribution in [1.29, 1.82) is 0 Å². The lowest BCUT2D eigenvalue weighted by Crippen LogP contribution is -2.09. The Hall–Kier alpha value is -2.57. The third-order valence-electron chi connectivity index (χ3n) is 3.47. The summed E-state index contributed by atoms with van der Waals surface area (Å²) in [6.07, 6.45) is -1.17. The number of halogens is 3. The number of benzene rings is 1. The normalized spacial score (nSPS) is 12.1. The summed E-state index contributed by atoms with van der Waals surface area (Å²) < 4.78 is 44.1. The highest BCUT2D eigenvalue weighted by atomic mass is 19.4. The van der Waals surface area contributed by atoms with Crippen LogP contribution >= 0.6 is 0 Å². The minimum Gasteiger partial charge on any atom is -0.436 e. The van der Waals surface area contributed by atoms with Gasteiger partial charge in [-0.15, -0.1) is 0 Å². The fourth-order valence-electron chi connectivity index (χ4n) is 2.25. The molecule has 0 saturated carbocycles. The summed E-state index contributed by atoms with van der Waals surface area (Å²) in [5.41, 5.74) is 1.13.